The molecular formula is C13H19NO2S. The van der Waals surface area contributed by atoms with Crippen molar-refractivity contribution in [2.75, 3.05) is 19.7 Å². The van der Waals surface area contributed by atoms with Crippen molar-refractivity contribution in [2.24, 2.45) is 0 Å². The van der Waals surface area contributed by atoms with Crippen molar-refractivity contribution < 1.29 is 10.2 Å². The predicted molar refractivity (Wildman–Crippen MR) is 70.4 cm³/mol. The number of aliphatic hydroxyl groups excluding tert-OH is 1. The van der Waals surface area contributed by atoms with Gasteiger partial charge in [-0.05, 0) is 25.0 Å². The Morgan fingerprint density at radius 1 is 1.47 bits per heavy atom. The van der Waals surface area contributed by atoms with Crippen molar-refractivity contribution in [2.45, 2.75) is 29.1 Å². The van der Waals surface area contributed by atoms with Crippen molar-refractivity contribution in [3.63, 3.8) is 0 Å². The minimum absolute atomic E-state index is 0.210. The molecule has 0 saturated carbocycles. The third-order valence-corrected chi connectivity index (χ3v) is 4.25. The average Bonchev–Trinajstić information content (AvgIpc) is 2.71. The number of hydrogen-bond donors (Lipinski definition) is 3. The lowest BCUT2D eigenvalue weighted by Gasteiger charge is -2.21. The van der Waals surface area contributed by atoms with Gasteiger partial charge >= 0.3 is 0 Å². The first-order chi connectivity index (χ1) is 8.11. The highest BCUT2D eigenvalue weighted by atomic mass is 32.2. The third-order valence-electron chi connectivity index (χ3n) is 2.93. The number of benzene rings is 1. The van der Waals surface area contributed by atoms with Gasteiger partial charge in [0.05, 0.1) is 12.2 Å². The molecule has 2 unspecified atom stereocenters. The second-order valence-corrected chi connectivity index (χ2v) is 6.18. The van der Waals surface area contributed by atoms with Gasteiger partial charge in [-0.3, -0.25) is 0 Å². The van der Waals surface area contributed by atoms with E-state index in [0.717, 1.165) is 13.0 Å². The molecule has 94 valence electrons. The van der Waals surface area contributed by atoms with E-state index in [9.17, 15) is 5.11 Å². The molecule has 17 heavy (non-hydrogen) atoms. The molecule has 0 spiro atoms. The Morgan fingerprint density at radius 2 is 2.24 bits per heavy atom. The zero-order chi connectivity index (χ0) is 12.3. The summed E-state index contributed by atoms with van der Waals surface area (Å²) < 4.78 is 0. The third kappa shape index (κ3) is 3.45. The maximum Gasteiger partial charge on any atom is 0.0972 e. The SMILES string of the molecule is CC(O)(CO)CNCC1Cc2ccccc2S1. The molecular weight excluding hydrogens is 234 g/mol. The summed E-state index contributed by atoms with van der Waals surface area (Å²) >= 11 is 1.89. The maximum absolute atomic E-state index is 9.65. The molecule has 0 saturated heterocycles. The smallest absolute Gasteiger partial charge is 0.0972 e. The number of nitrogens with one attached hydrogen (secondary N) is 1. The summed E-state index contributed by atoms with van der Waals surface area (Å²) in [7, 11) is 0. The van der Waals surface area contributed by atoms with Crippen molar-refractivity contribution >= 4 is 11.8 Å². The Morgan fingerprint density at radius 3 is 2.94 bits per heavy atom. The summed E-state index contributed by atoms with van der Waals surface area (Å²) in [6, 6.07) is 8.47. The fourth-order valence-corrected chi connectivity index (χ4v) is 3.21. The lowest BCUT2D eigenvalue weighted by Crippen LogP contribution is -2.42. The first-order valence-corrected chi connectivity index (χ1v) is 6.77. The molecule has 0 bridgehead atoms. The van der Waals surface area contributed by atoms with E-state index in [0.29, 0.717) is 11.8 Å². The molecule has 0 aliphatic carbocycles. The topological polar surface area (TPSA) is 52.5 Å². The van der Waals surface area contributed by atoms with Crippen LogP contribution in [0.2, 0.25) is 0 Å². The van der Waals surface area contributed by atoms with Gasteiger partial charge in [0.15, 0.2) is 0 Å². The largest absolute Gasteiger partial charge is 0.393 e. The van der Waals surface area contributed by atoms with Crippen LogP contribution in [0.25, 0.3) is 0 Å². The number of aliphatic hydroxyl groups is 2. The minimum Gasteiger partial charge on any atom is -0.393 e. The highest BCUT2D eigenvalue weighted by molar-refractivity contribution is 8.00. The highest BCUT2D eigenvalue weighted by Gasteiger charge is 2.23. The first kappa shape index (κ1) is 12.9. The molecule has 1 aromatic rings. The molecule has 1 heterocycles. The van der Waals surface area contributed by atoms with Crippen LogP contribution in [-0.4, -0.2) is 40.8 Å². The summed E-state index contributed by atoms with van der Waals surface area (Å²) in [6.45, 7) is 2.71. The van der Waals surface area contributed by atoms with Crippen LogP contribution in [0.4, 0.5) is 0 Å². The molecule has 0 aromatic heterocycles. The van der Waals surface area contributed by atoms with E-state index in [2.05, 4.69) is 29.6 Å². The van der Waals surface area contributed by atoms with Crippen molar-refractivity contribution in [3.8, 4) is 0 Å². The Balaban J connectivity index is 1.77. The number of hydrogen-bond acceptors (Lipinski definition) is 4. The van der Waals surface area contributed by atoms with E-state index < -0.39 is 5.60 Å². The van der Waals surface area contributed by atoms with Gasteiger partial charge in [-0.1, -0.05) is 18.2 Å². The molecule has 0 radical (unpaired) electrons. The van der Waals surface area contributed by atoms with Gasteiger partial charge in [0.25, 0.3) is 0 Å². The van der Waals surface area contributed by atoms with Crippen LogP contribution in [0.3, 0.4) is 0 Å². The van der Waals surface area contributed by atoms with Crippen LogP contribution in [-0.2, 0) is 6.42 Å². The fourth-order valence-electron chi connectivity index (χ4n) is 1.93. The van der Waals surface area contributed by atoms with E-state index in [1.54, 1.807) is 6.92 Å². The minimum atomic E-state index is -1.02. The van der Waals surface area contributed by atoms with Gasteiger partial charge in [-0.15, -0.1) is 11.8 Å². The second kappa shape index (κ2) is 5.40. The van der Waals surface area contributed by atoms with E-state index in [1.807, 2.05) is 11.8 Å². The summed E-state index contributed by atoms with van der Waals surface area (Å²) in [5.41, 5.74) is 0.397. The zero-order valence-corrected chi connectivity index (χ0v) is 10.8. The number of thioether (sulfide) groups is 1. The standard InChI is InChI=1S/C13H19NO2S/c1-13(16,9-15)8-14-7-11-6-10-4-2-3-5-12(10)17-11/h2-5,11,14-16H,6-9H2,1H3. The lowest BCUT2D eigenvalue weighted by atomic mass is 10.1. The molecule has 1 aliphatic heterocycles. The number of fused-ring (bicyclic) bond motifs is 1. The summed E-state index contributed by atoms with van der Waals surface area (Å²) in [5, 5.41) is 22.3. The molecule has 2 rings (SSSR count). The first-order valence-electron chi connectivity index (χ1n) is 5.89. The molecule has 0 fully saturated rings. The quantitative estimate of drug-likeness (QED) is 0.734. The fraction of sp³-hybridized carbons (Fsp3) is 0.538. The molecule has 2 atom stereocenters. The van der Waals surface area contributed by atoms with Crippen LogP contribution in [0.15, 0.2) is 29.2 Å². The monoisotopic (exact) mass is 253 g/mol. The van der Waals surface area contributed by atoms with Crippen molar-refractivity contribution in [1.82, 2.24) is 5.32 Å². The molecule has 1 aromatic carbocycles. The molecule has 3 N–H and O–H groups in total. The lowest BCUT2D eigenvalue weighted by molar-refractivity contribution is 0.00298. The van der Waals surface area contributed by atoms with Gasteiger partial charge in [-0.25, -0.2) is 0 Å². The van der Waals surface area contributed by atoms with Gasteiger partial charge in [0.2, 0.25) is 0 Å². The summed E-state index contributed by atoms with van der Waals surface area (Å²) in [6.07, 6.45) is 1.08. The van der Waals surface area contributed by atoms with Gasteiger partial charge in [0, 0.05) is 23.2 Å². The summed E-state index contributed by atoms with van der Waals surface area (Å²) in [4.78, 5) is 1.37. The average molecular weight is 253 g/mol. The van der Waals surface area contributed by atoms with E-state index >= 15 is 0 Å². The summed E-state index contributed by atoms with van der Waals surface area (Å²) in [5.74, 6) is 0. The Labute approximate surface area is 106 Å². The molecule has 0 amide bonds. The van der Waals surface area contributed by atoms with Gasteiger partial charge < -0.3 is 15.5 Å². The normalized spacial score (nSPS) is 22.2. The predicted octanol–water partition coefficient (Wildman–Crippen LogP) is 1.04. The van der Waals surface area contributed by atoms with Crippen LogP contribution < -0.4 is 5.32 Å². The maximum atomic E-state index is 9.65. The second-order valence-electron chi connectivity index (χ2n) is 4.84. The Kier molecular flexibility index (Phi) is 4.09. The van der Waals surface area contributed by atoms with Crippen LogP contribution >= 0.6 is 11.8 Å². The highest BCUT2D eigenvalue weighted by Crippen LogP contribution is 2.36. The molecule has 4 heteroatoms. The zero-order valence-electron chi connectivity index (χ0n) is 10.0. The molecule has 1 aliphatic rings. The van der Waals surface area contributed by atoms with Crippen molar-refractivity contribution in [3.05, 3.63) is 29.8 Å². The van der Waals surface area contributed by atoms with E-state index in [4.69, 9.17) is 5.11 Å². The van der Waals surface area contributed by atoms with E-state index in [-0.39, 0.29) is 6.61 Å². The Bertz CT molecular complexity index is 356. The van der Waals surface area contributed by atoms with Crippen LogP contribution in [0.5, 0.6) is 0 Å². The number of rotatable bonds is 5. The van der Waals surface area contributed by atoms with E-state index in [1.165, 1.54) is 10.5 Å². The van der Waals surface area contributed by atoms with Crippen molar-refractivity contribution in [1.29, 1.82) is 0 Å². The van der Waals surface area contributed by atoms with Gasteiger partial charge in [-0.2, -0.15) is 0 Å². The van der Waals surface area contributed by atoms with Gasteiger partial charge in [0.1, 0.15) is 0 Å². The van der Waals surface area contributed by atoms with Crippen LogP contribution in [0.1, 0.15) is 12.5 Å². The van der Waals surface area contributed by atoms with Crippen LogP contribution in [0, 0.1) is 0 Å². The molecule has 3 nitrogen and oxygen atoms in total. The Hall–Kier alpha value is -0.550.